The Labute approximate surface area is 186 Å². The van der Waals surface area contributed by atoms with E-state index in [-0.39, 0.29) is 0 Å². The number of ether oxygens (including phenoxy) is 2. The van der Waals surface area contributed by atoms with E-state index in [9.17, 15) is 0 Å². The second-order valence-corrected chi connectivity index (χ2v) is 7.85. The first-order chi connectivity index (χ1) is 14.8. The van der Waals surface area contributed by atoms with E-state index in [2.05, 4.69) is 35.8 Å². The Hall–Kier alpha value is -1.18. The zero-order valence-corrected chi connectivity index (χ0v) is 19.7. The molecular formula is C24H46N4O2. The van der Waals surface area contributed by atoms with E-state index >= 15 is 0 Å². The third kappa shape index (κ3) is 20.1. The molecule has 0 saturated heterocycles. The summed E-state index contributed by atoms with van der Waals surface area (Å²) in [6, 6.07) is 4.48. The minimum Gasteiger partial charge on any atom is -0.378 e. The number of nitrogens with zero attached hydrogens (tertiary/aromatic N) is 4. The van der Waals surface area contributed by atoms with Crippen LogP contribution >= 0.6 is 0 Å². The van der Waals surface area contributed by atoms with Crippen molar-refractivity contribution in [2.24, 2.45) is 0 Å². The van der Waals surface area contributed by atoms with Gasteiger partial charge in [0.1, 0.15) is 0 Å². The van der Waals surface area contributed by atoms with Crippen molar-refractivity contribution >= 4 is 0 Å². The molecule has 6 heteroatoms. The Morgan fingerprint density at radius 2 is 0.967 bits per heavy atom. The molecule has 30 heavy (non-hydrogen) atoms. The van der Waals surface area contributed by atoms with Crippen LogP contribution in [-0.2, 0) is 9.47 Å². The van der Waals surface area contributed by atoms with Crippen LogP contribution in [0.1, 0.15) is 78.1 Å². The lowest BCUT2D eigenvalue weighted by Gasteiger charge is -2.21. The van der Waals surface area contributed by atoms with Gasteiger partial charge in [-0.15, -0.1) is 0 Å². The van der Waals surface area contributed by atoms with Gasteiger partial charge in [-0.05, 0) is 25.9 Å². The quantitative estimate of drug-likeness (QED) is 0.224. The highest BCUT2D eigenvalue weighted by atomic mass is 16.5. The molecule has 0 aromatic carbocycles. The molecule has 0 N–H and O–H groups in total. The molecule has 174 valence electrons. The van der Waals surface area contributed by atoms with Crippen molar-refractivity contribution in [2.45, 2.75) is 78.1 Å². The van der Waals surface area contributed by atoms with E-state index in [1.807, 2.05) is 0 Å². The van der Waals surface area contributed by atoms with Gasteiger partial charge in [0.2, 0.25) is 0 Å². The Morgan fingerprint density at radius 1 is 0.533 bits per heavy atom. The number of unbranched alkanes of at least 4 members (excludes halogenated alkanes) is 6. The van der Waals surface area contributed by atoms with Crippen molar-refractivity contribution in [1.29, 1.82) is 10.5 Å². The van der Waals surface area contributed by atoms with Crippen LogP contribution in [0.5, 0.6) is 0 Å². The molecular weight excluding hydrogens is 376 g/mol. The second kappa shape index (κ2) is 24.1. The van der Waals surface area contributed by atoms with Crippen molar-refractivity contribution in [2.75, 3.05) is 65.7 Å². The largest absolute Gasteiger partial charge is 0.378 e. The second-order valence-electron chi connectivity index (χ2n) is 7.85. The highest BCUT2D eigenvalue weighted by Gasteiger charge is 2.06. The maximum Gasteiger partial charge on any atom is 0.0701 e. The van der Waals surface area contributed by atoms with Crippen LogP contribution in [0.25, 0.3) is 0 Å². The van der Waals surface area contributed by atoms with E-state index in [1.165, 1.54) is 51.4 Å². The zero-order chi connectivity index (χ0) is 22.1. The van der Waals surface area contributed by atoms with Gasteiger partial charge in [-0.25, -0.2) is 0 Å². The number of nitriles is 2. The molecule has 0 unspecified atom stereocenters. The van der Waals surface area contributed by atoms with Crippen LogP contribution in [0.3, 0.4) is 0 Å². The smallest absolute Gasteiger partial charge is 0.0701 e. The summed E-state index contributed by atoms with van der Waals surface area (Å²) < 4.78 is 11.5. The lowest BCUT2D eigenvalue weighted by atomic mass is 10.2. The van der Waals surface area contributed by atoms with Crippen LogP contribution in [0.4, 0.5) is 0 Å². The van der Waals surface area contributed by atoms with Gasteiger partial charge in [-0.2, -0.15) is 10.5 Å². The van der Waals surface area contributed by atoms with Crippen molar-refractivity contribution in [3.05, 3.63) is 0 Å². The van der Waals surface area contributed by atoms with Gasteiger partial charge >= 0.3 is 0 Å². The predicted octanol–water partition coefficient (Wildman–Crippen LogP) is 4.61. The number of rotatable bonds is 23. The van der Waals surface area contributed by atoms with Gasteiger partial charge in [0.15, 0.2) is 0 Å². The van der Waals surface area contributed by atoms with E-state index in [4.69, 9.17) is 20.0 Å². The fraction of sp³-hybridized carbons (Fsp3) is 0.917. The Kier molecular flexibility index (Phi) is 23.1. The molecule has 0 amide bonds. The molecule has 0 bridgehead atoms. The fourth-order valence-corrected chi connectivity index (χ4v) is 3.32. The molecule has 0 radical (unpaired) electrons. The van der Waals surface area contributed by atoms with E-state index in [0.717, 1.165) is 39.3 Å². The van der Waals surface area contributed by atoms with Crippen LogP contribution in [0, 0.1) is 22.7 Å². The van der Waals surface area contributed by atoms with Crippen LogP contribution < -0.4 is 0 Å². The van der Waals surface area contributed by atoms with E-state index in [1.54, 1.807) is 0 Å². The molecule has 0 aliphatic heterocycles. The van der Waals surface area contributed by atoms with Gasteiger partial charge in [0.25, 0.3) is 0 Å². The normalized spacial score (nSPS) is 11.1. The minimum atomic E-state index is 0.581. The summed E-state index contributed by atoms with van der Waals surface area (Å²) in [5.41, 5.74) is 0. The predicted molar refractivity (Wildman–Crippen MR) is 123 cm³/mol. The highest BCUT2D eigenvalue weighted by Crippen LogP contribution is 2.03. The van der Waals surface area contributed by atoms with Crippen LogP contribution in [-0.4, -0.2) is 75.5 Å². The molecule has 0 atom stereocenters. The average Bonchev–Trinajstić information content (AvgIpc) is 2.76. The maximum atomic E-state index is 8.83. The number of hydrogen-bond donors (Lipinski definition) is 0. The molecule has 0 spiro atoms. The first-order valence-corrected chi connectivity index (χ1v) is 12.1. The third-order valence-electron chi connectivity index (χ3n) is 5.21. The lowest BCUT2D eigenvalue weighted by molar-refractivity contribution is 0.0312. The minimum absolute atomic E-state index is 0.581. The fourth-order valence-electron chi connectivity index (χ4n) is 3.32. The summed E-state index contributed by atoms with van der Waals surface area (Å²) in [7, 11) is 0. The summed E-state index contributed by atoms with van der Waals surface area (Å²) >= 11 is 0. The topological polar surface area (TPSA) is 72.5 Å². The third-order valence-corrected chi connectivity index (χ3v) is 5.21. The SMILES string of the molecule is CCCCCCN(CCC#N)CCOCCOCCN(CCC#N)CCCCCC. The summed E-state index contributed by atoms with van der Waals surface area (Å²) in [6.45, 7) is 12.6. The lowest BCUT2D eigenvalue weighted by Crippen LogP contribution is -2.31. The van der Waals surface area contributed by atoms with E-state index < -0.39 is 0 Å². The number of hydrogen-bond acceptors (Lipinski definition) is 6. The average molecular weight is 423 g/mol. The summed E-state index contributed by atoms with van der Waals surface area (Å²) in [5, 5.41) is 17.7. The first kappa shape index (κ1) is 28.8. The molecule has 0 aliphatic rings. The van der Waals surface area contributed by atoms with Gasteiger partial charge in [0.05, 0.1) is 38.6 Å². The van der Waals surface area contributed by atoms with Crippen molar-refractivity contribution in [1.82, 2.24) is 9.80 Å². The van der Waals surface area contributed by atoms with Gasteiger partial charge < -0.3 is 19.3 Å². The summed E-state index contributed by atoms with van der Waals surface area (Å²) in [4.78, 5) is 4.68. The first-order valence-electron chi connectivity index (χ1n) is 12.1. The Bertz CT molecular complexity index is 394. The Balaban J connectivity index is 3.79. The monoisotopic (exact) mass is 422 g/mol. The van der Waals surface area contributed by atoms with Crippen molar-refractivity contribution < 1.29 is 9.47 Å². The van der Waals surface area contributed by atoms with Crippen molar-refractivity contribution in [3.63, 3.8) is 0 Å². The van der Waals surface area contributed by atoms with Gasteiger partial charge in [-0.1, -0.05) is 52.4 Å². The van der Waals surface area contributed by atoms with Gasteiger partial charge in [-0.3, -0.25) is 0 Å². The van der Waals surface area contributed by atoms with Crippen LogP contribution in [0.2, 0.25) is 0 Å². The molecule has 0 rings (SSSR count). The standard InChI is InChI=1S/C24H46N4O2/c1-3-5-7-9-15-27(17-11-13-25)19-21-29-23-24-30-22-20-28(18-12-14-26)16-10-8-6-4-2/h3-12,15-24H2,1-2H3. The molecule has 0 saturated carbocycles. The molecule has 0 aliphatic carbocycles. The molecule has 0 aromatic heterocycles. The van der Waals surface area contributed by atoms with Crippen LogP contribution in [0.15, 0.2) is 0 Å². The summed E-state index contributed by atoms with van der Waals surface area (Å²) in [6.07, 6.45) is 11.1. The molecule has 0 aromatic rings. The maximum absolute atomic E-state index is 8.83. The van der Waals surface area contributed by atoms with Gasteiger partial charge in [0, 0.05) is 39.0 Å². The molecule has 0 fully saturated rings. The molecule has 6 nitrogen and oxygen atoms in total. The van der Waals surface area contributed by atoms with Crippen molar-refractivity contribution in [3.8, 4) is 12.1 Å². The van der Waals surface area contributed by atoms with E-state index in [0.29, 0.717) is 39.3 Å². The zero-order valence-electron chi connectivity index (χ0n) is 19.7. The highest BCUT2D eigenvalue weighted by molar-refractivity contribution is 4.73. The molecule has 0 heterocycles. The summed E-state index contributed by atoms with van der Waals surface area (Å²) in [5.74, 6) is 0. The Morgan fingerprint density at radius 3 is 1.33 bits per heavy atom.